The zero-order valence-electron chi connectivity index (χ0n) is 9.88. The molecule has 0 atom stereocenters. The zero-order valence-corrected chi connectivity index (χ0v) is 11.5. The van der Waals surface area contributed by atoms with Gasteiger partial charge in [0.1, 0.15) is 0 Å². The molecule has 19 heavy (non-hydrogen) atoms. The topological polar surface area (TPSA) is 64.9 Å². The molecule has 1 heterocycles. The molecule has 0 aliphatic rings. The summed E-state index contributed by atoms with van der Waals surface area (Å²) in [7, 11) is 0. The summed E-state index contributed by atoms with van der Waals surface area (Å²) in [6.07, 6.45) is 0. The third-order valence-electron chi connectivity index (χ3n) is 2.69. The summed E-state index contributed by atoms with van der Waals surface area (Å²) in [6.45, 7) is 0. The first-order valence-electron chi connectivity index (χ1n) is 5.68. The van der Waals surface area contributed by atoms with Crippen LogP contribution in [0.1, 0.15) is 0 Å². The molecule has 1 aromatic heterocycles. The average Bonchev–Trinajstić information content (AvgIpc) is 2.89. The lowest BCUT2D eigenvalue weighted by molar-refractivity contribution is 0.584. The summed E-state index contributed by atoms with van der Waals surface area (Å²) in [5.41, 5.74) is 8.07. The molecule has 0 aliphatic carbocycles. The van der Waals surface area contributed by atoms with E-state index in [1.54, 1.807) is 12.1 Å². The molecule has 0 spiro atoms. The minimum absolute atomic E-state index is 0.478. The highest BCUT2D eigenvalue weighted by Crippen LogP contribution is 2.29. The number of nitrogens with two attached hydrogens (primary N) is 1. The predicted molar refractivity (Wildman–Crippen MR) is 77.3 cm³/mol. The average molecular weight is 316 g/mol. The molecule has 0 unspecified atom stereocenters. The van der Waals surface area contributed by atoms with Crippen molar-refractivity contribution >= 4 is 21.6 Å². The Morgan fingerprint density at radius 3 is 2.32 bits per heavy atom. The first-order chi connectivity index (χ1) is 9.24. The van der Waals surface area contributed by atoms with Crippen LogP contribution in [-0.2, 0) is 0 Å². The fourth-order valence-corrected chi connectivity index (χ4v) is 2.16. The van der Waals surface area contributed by atoms with Crippen molar-refractivity contribution in [3.8, 4) is 22.9 Å². The Morgan fingerprint density at radius 2 is 1.58 bits per heavy atom. The first-order valence-corrected chi connectivity index (χ1v) is 6.47. The molecule has 2 N–H and O–H groups in total. The van der Waals surface area contributed by atoms with Crippen LogP contribution in [0.25, 0.3) is 22.9 Å². The van der Waals surface area contributed by atoms with Gasteiger partial charge in [0.05, 0.1) is 5.56 Å². The molecule has 5 heteroatoms. The third kappa shape index (κ3) is 2.37. The number of anilines is 1. The second kappa shape index (κ2) is 4.85. The molecule has 3 aromatic rings. The molecule has 4 nitrogen and oxygen atoms in total. The summed E-state index contributed by atoms with van der Waals surface area (Å²) in [5, 5.41) is 8.12. The van der Waals surface area contributed by atoms with Crippen LogP contribution in [0.2, 0.25) is 0 Å². The van der Waals surface area contributed by atoms with Gasteiger partial charge in [-0.25, -0.2) is 0 Å². The van der Waals surface area contributed by atoms with Gasteiger partial charge >= 0.3 is 0 Å². The normalized spacial score (nSPS) is 10.6. The first kappa shape index (κ1) is 11.9. The summed E-state index contributed by atoms with van der Waals surface area (Å²) in [4.78, 5) is 0. The van der Waals surface area contributed by atoms with Crippen LogP contribution in [-0.4, -0.2) is 10.2 Å². The molecule has 0 radical (unpaired) electrons. The van der Waals surface area contributed by atoms with Crippen LogP contribution < -0.4 is 5.73 Å². The SMILES string of the molecule is Nc1ccc(-c2nnc(-c3ccccc3Br)o2)cc1. The number of halogens is 1. The maximum atomic E-state index is 5.68. The van der Waals surface area contributed by atoms with Gasteiger partial charge in [-0.2, -0.15) is 0 Å². The fraction of sp³-hybridized carbons (Fsp3) is 0. The molecule has 94 valence electrons. The van der Waals surface area contributed by atoms with Crippen LogP contribution in [0.5, 0.6) is 0 Å². The van der Waals surface area contributed by atoms with Gasteiger partial charge in [-0.15, -0.1) is 10.2 Å². The van der Waals surface area contributed by atoms with Crippen molar-refractivity contribution in [2.24, 2.45) is 0 Å². The van der Waals surface area contributed by atoms with Crippen molar-refractivity contribution < 1.29 is 4.42 Å². The molecular formula is C14H10BrN3O. The minimum atomic E-state index is 0.478. The van der Waals surface area contributed by atoms with Gasteiger partial charge in [-0.05, 0) is 52.3 Å². The Labute approximate surface area is 118 Å². The standard InChI is InChI=1S/C14H10BrN3O/c15-12-4-2-1-3-11(12)14-18-17-13(19-14)9-5-7-10(16)8-6-9/h1-8H,16H2. The second-order valence-corrected chi connectivity index (χ2v) is 4.87. The van der Waals surface area contributed by atoms with E-state index in [1.165, 1.54) is 0 Å². The lowest BCUT2D eigenvalue weighted by Crippen LogP contribution is -1.83. The van der Waals surface area contributed by atoms with Gasteiger partial charge < -0.3 is 10.2 Å². The lowest BCUT2D eigenvalue weighted by atomic mass is 10.2. The zero-order chi connectivity index (χ0) is 13.2. The molecule has 0 aliphatic heterocycles. The van der Waals surface area contributed by atoms with Gasteiger partial charge in [0.15, 0.2) is 0 Å². The number of nitrogens with zero attached hydrogens (tertiary/aromatic N) is 2. The molecule has 0 fully saturated rings. The molecule has 0 amide bonds. The molecular weight excluding hydrogens is 306 g/mol. The molecule has 3 rings (SSSR count). The maximum Gasteiger partial charge on any atom is 0.249 e. The maximum absolute atomic E-state index is 5.68. The highest BCUT2D eigenvalue weighted by Gasteiger charge is 2.12. The smallest absolute Gasteiger partial charge is 0.249 e. The van der Waals surface area contributed by atoms with E-state index in [9.17, 15) is 0 Å². The van der Waals surface area contributed by atoms with Crippen LogP contribution in [0.4, 0.5) is 5.69 Å². The van der Waals surface area contributed by atoms with E-state index in [4.69, 9.17) is 10.2 Å². The van der Waals surface area contributed by atoms with Crippen LogP contribution in [0.3, 0.4) is 0 Å². The van der Waals surface area contributed by atoms with Gasteiger partial charge in [0.25, 0.3) is 0 Å². The summed E-state index contributed by atoms with van der Waals surface area (Å²) in [5.74, 6) is 0.963. The van der Waals surface area contributed by atoms with E-state index in [-0.39, 0.29) is 0 Å². The van der Waals surface area contributed by atoms with Gasteiger partial charge in [0.2, 0.25) is 11.8 Å². The van der Waals surface area contributed by atoms with Crippen molar-refractivity contribution in [1.29, 1.82) is 0 Å². The lowest BCUT2D eigenvalue weighted by Gasteiger charge is -1.98. The molecule has 0 saturated heterocycles. The quantitative estimate of drug-likeness (QED) is 0.731. The van der Waals surface area contributed by atoms with E-state index in [0.717, 1.165) is 15.6 Å². The van der Waals surface area contributed by atoms with E-state index >= 15 is 0 Å². The van der Waals surface area contributed by atoms with Gasteiger partial charge in [-0.1, -0.05) is 12.1 Å². The van der Waals surface area contributed by atoms with Crippen molar-refractivity contribution in [3.05, 3.63) is 53.0 Å². The Hall–Kier alpha value is -2.14. The van der Waals surface area contributed by atoms with Crippen molar-refractivity contribution in [2.45, 2.75) is 0 Å². The van der Waals surface area contributed by atoms with E-state index in [0.29, 0.717) is 17.5 Å². The van der Waals surface area contributed by atoms with Crippen LogP contribution >= 0.6 is 15.9 Å². The van der Waals surface area contributed by atoms with Crippen molar-refractivity contribution in [1.82, 2.24) is 10.2 Å². The van der Waals surface area contributed by atoms with E-state index in [2.05, 4.69) is 26.1 Å². The number of aromatic nitrogens is 2. The van der Waals surface area contributed by atoms with Crippen LogP contribution in [0, 0.1) is 0 Å². The number of rotatable bonds is 2. The van der Waals surface area contributed by atoms with Crippen LogP contribution in [0.15, 0.2) is 57.4 Å². The monoisotopic (exact) mass is 315 g/mol. The second-order valence-electron chi connectivity index (χ2n) is 4.01. The molecule has 0 bridgehead atoms. The number of benzene rings is 2. The van der Waals surface area contributed by atoms with Gasteiger partial charge in [0, 0.05) is 15.7 Å². The molecule has 0 saturated carbocycles. The molecule has 2 aromatic carbocycles. The number of hydrogen-bond acceptors (Lipinski definition) is 4. The Balaban J connectivity index is 2.00. The fourth-order valence-electron chi connectivity index (χ4n) is 1.71. The predicted octanol–water partition coefficient (Wildman–Crippen LogP) is 3.75. The van der Waals surface area contributed by atoms with Gasteiger partial charge in [-0.3, -0.25) is 0 Å². The minimum Gasteiger partial charge on any atom is -0.416 e. The summed E-state index contributed by atoms with van der Waals surface area (Å²) >= 11 is 3.46. The largest absolute Gasteiger partial charge is 0.416 e. The summed E-state index contributed by atoms with van der Waals surface area (Å²) in [6, 6.07) is 15.0. The summed E-state index contributed by atoms with van der Waals surface area (Å²) < 4.78 is 6.60. The Morgan fingerprint density at radius 1 is 0.895 bits per heavy atom. The van der Waals surface area contributed by atoms with Crippen molar-refractivity contribution in [3.63, 3.8) is 0 Å². The van der Waals surface area contributed by atoms with E-state index < -0.39 is 0 Å². The van der Waals surface area contributed by atoms with Crippen molar-refractivity contribution in [2.75, 3.05) is 5.73 Å². The number of hydrogen-bond donors (Lipinski definition) is 1. The Kier molecular flexibility index (Phi) is 3.05. The highest BCUT2D eigenvalue weighted by molar-refractivity contribution is 9.10. The number of nitrogen functional groups attached to an aromatic ring is 1. The third-order valence-corrected chi connectivity index (χ3v) is 3.38. The van der Waals surface area contributed by atoms with E-state index in [1.807, 2.05) is 36.4 Å². The highest BCUT2D eigenvalue weighted by atomic mass is 79.9. The Bertz CT molecular complexity index is 707.